The van der Waals surface area contributed by atoms with Gasteiger partial charge in [-0.3, -0.25) is 19.4 Å². The molecule has 5 heterocycles. The Labute approximate surface area is 260 Å². The second kappa shape index (κ2) is 14.4. The monoisotopic (exact) mass is 630 g/mol. The van der Waals surface area contributed by atoms with E-state index in [2.05, 4.69) is 38.5 Å². The highest BCUT2D eigenvalue weighted by atomic mass is 35.5. The fourth-order valence-electron chi connectivity index (χ4n) is 5.82. The minimum Gasteiger partial charge on any atom is -0.466 e. The third-order valence-corrected chi connectivity index (χ3v) is 10.4. The van der Waals surface area contributed by atoms with Gasteiger partial charge in [0.05, 0.1) is 47.4 Å². The molecule has 2 saturated heterocycles. The number of hydrogen-bond acceptors (Lipinski definition) is 11. The highest BCUT2D eigenvalue weighted by Gasteiger charge is 2.27. The van der Waals surface area contributed by atoms with Gasteiger partial charge in [-0.05, 0) is 45.7 Å². The van der Waals surface area contributed by atoms with Crippen molar-refractivity contribution in [2.75, 3.05) is 44.2 Å². The Morgan fingerprint density at radius 3 is 2.69 bits per heavy atom. The largest absolute Gasteiger partial charge is 0.466 e. The van der Waals surface area contributed by atoms with Gasteiger partial charge >= 0.3 is 5.97 Å². The Bertz CT molecular complexity index is 1360. The van der Waals surface area contributed by atoms with Crippen molar-refractivity contribution < 1.29 is 14.3 Å². The van der Waals surface area contributed by atoms with Crippen LogP contribution in [0.3, 0.4) is 0 Å². The molecular weight excluding hydrogens is 592 g/mol. The van der Waals surface area contributed by atoms with Gasteiger partial charge in [-0.25, -0.2) is 15.0 Å². The van der Waals surface area contributed by atoms with Crippen LogP contribution in [0, 0.1) is 0 Å². The van der Waals surface area contributed by atoms with Crippen LogP contribution in [0.4, 0.5) is 5.82 Å². The summed E-state index contributed by atoms with van der Waals surface area (Å²) in [6.07, 6.45) is 7.47. The van der Waals surface area contributed by atoms with E-state index in [1.165, 1.54) is 17.7 Å². The number of piperazine rings is 1. The molecule has 2 fully saturated rings. The maximum absolute atomic E-state index is 13.3. The SMILES string of the molecule is CCOC(=O)CCN1CCN(c2cnc(C(=O)Cc3nc(-c4cc(Cl)cs4)c(CN4CCC[C@H]4CC)s3)cn2)C[C@H]1C. The zero-order chi connectivity index (χ0) is 29.6. The summed E-state index contributed by atoms with van der Waals surface area (Å²) >= 11 is 9.46. The molecule has 3 aromatic rings. The van der Waals surface area contributed by atoms with Crippen molar-refractivity contribution >= 4 is 51.8 Å². The fraction of sp³-hybridized carbons (Fsp3) is 0.567. The number of ketones is 1. The summed E-state index contributed by atoms with van der Waals surface area (Å²) < 4.78 is 5.06. The van der Waals surface area contributed by atoms with Crippen molar-refractivity contribution in [1.29, 1.82) is 0 Å². The summed E-state index contributed by atoms with van der Waals surface area (Å²) in [7, 11) is 0. The van der Waals surface area contributed by atoms with Gasteiger partial charge in [0.1, 0.15) is 16.5 Å². The molecule has 12 heteroatoms. The maximum Gasteiger partial charge on any atom is 0.307 e. The predicted molar refractivity (Wildman–Crippen MR) is 169 cm³/mol. The third kappa shape index (κ3) is 7.55. The second-order valence-electron chi connectivity index (χ2n) is 10.9. The number of aromatic nitrogens is 3. The van der Waals surface area contributed by atoms with Crippen LogP contribution in [0.1, 0.15) is 66.8 Å². The van der Waals surface area contributed by atoms with Gasteiger partial charge in [-0.1, -0.05) is 18.5 Å². The zero-order valence-corrected chi connectivity index (χ0v) is 26.9. The van der Waals surface area contributed by atoms with E-state index in [1.807, 2.05) is 18.4 Å². The first kappa shape index (κ1) is 31.0. The van der Waals surface area contributed by atoms with E-state index in [1.54, 1.807) is 35.1 Å². The number of hydrogen-bond donors (Lipinski definition) is 0. The molecule has 0 unspecified atom stereocenters. The van der Waals surface area contributed by atoms with Gasteiger partial charge in [0, 0.05) is 55.1 Å². The van der Waals surface area contributed by atoms with Crippen LogP contribution in [0.2, 0.25) is 5.02 Å². The van der Waals surface area contributed by atoms with E-state index >= 15 is 0 Å². The highest BCUT2D eigenvalue weighted by molar-refractivity contribution is 7.15. The summed E-state index contributed by atoms with van der Waals surface area (Å²) in [5, 5.41) is 3.43. The summed E-state index contributed by atoms with van der Waals surface area (Å²) in [6.45, 7) is 11.6. The lowest BCUT2D eigenvalue weighted by Crippen LogP contribution is -2.52. The van der Waals surface area contributed by atoms with Crippen LogP contribution in [0.15, 0.2) is 23.8 Å². The predicted octanol–water partition coefficient (Wildman–Crippen LogP) is 5.58. The van der Waals surface area contributed by atoms with E-state index in [0.29, 0.717) is 36.3 Å². The van der Waals surface area contributed by atoms with Crippen LogP contribution in [0.5, 0.6) is 0 Å². The van der Waals surface area contributed by atoms with Crippen LogP contribution in [-0.4, -0.2) is 87.9 Å². The molecule has 0 radical (unpaired) electrons. The summed E-state index contributed by atoms with van der Waals surface area (Å²) in [4.78, 5) is 48.3. The molecule has 0 bridgehead atoms. The van der Waals surface area contributed by atoms with Crippen molar-refractivity contribution in [3.05, 3.63) is 44.4 Å². The molecular formula is C30H39ClN6O3S2. The van der Waals surface area contributed by atoms with Crippen molar-refractivity contribution in [2.45, 2.75) is 71.5 Å². The average Bonchev–Trinajstić information content (AvgIpc) is 3.72. The Kier molecular flexibility index (Phi) is 10.6. The van der Waals surface area contributed by atoms with Crippen molar-refractivity contribution in [3.63, 3.8) is 0 Å². The number of ether oxygens (including phenoxy) is 1. The third-order valence-electron chi connectivity index (χ3n) is 8.09. The first-order valence-electron chi connectivity index (χ1n) is 14.8. The first-order chi connectivity index (χ1) is 20.3. The van der Waals surface area contributed by atoms with Gasteiger partial charge in [-0.2, -0.15) is 0 Å². The standard InChI is InChI=1S/C30H39ClN6O3S2/c1-4-22-7-6-9-36(22)18-26-30(25-13-21(31)19-41-25)34-28(42-26)14-24(38)23-15-33-27(16-32-23)37-12-11-35(20(3)17-37)10-8-29(39)40-5-2/h13,15-16,19-20,22H,4-12,14,17-18H2,1-3H3/t20-,22-/m1/s1. The number of anilines is 1. The zero-order valence-electron chi connectivity index (χ0n) is 24.6. The van der Waals surface area contributed by atoms with E-state index in [-0.39, 0.29) is 24.2 Å². The van der Waals surface area contributed by atoms with E-state index in [4.69, 9.17) is 21.3 Å². The lowest BCUT2D eigenvalue weighted by atomic mass is 10.1. The number of likely N-dealkylation sites (tertiary alicyclic amines) is 1. The molecule has 0 saturated carbocycles. The Balaban J connectivity index is 1.22. The topological polar surface area (TPSA) is 91.8 Å². The lowest BCUT2D eigenvalue weighted by Gasteiger charge is -2.40. The Hall–Kier alpha value is -2.44. The quantitative estimate of drug-likeness (QED) is 0.188. The highest BCUT2D eigenvalue weighted by Crippen LogP contribution is 2.36. The second-order valence-corrected chi connectivity index (χ2v) is 13.4. The summed E-state index contributed by atoms with van der Waals surface area (Å²) in [5.74, 6) is 0.513. The van der Waals surface area contributed by atoms with Crippen LogP contribution < -0.4 is 4.90 Å². The van der Waals surface area contributed by atoms with E-state index in [9.17, 15) is 9.59 Å². The smallest absolute Gasteiger partial charge is 0.307 e. The molecule has 2 aliphatic rings. The Morgan fingerprint density at radius 1 is 1.14 bits per heavy atom. The number of Topliss-reactive ketones (excluding diaryl/α,β-unsaturated/α-hetero) is 1. The van der Waals surface area contributed by atoms with Gasteiger partial charge in [0.15, 0.2) is 5.78 Å². The van der Waals surface area contributed by atoms with Gasteiger partial charge in [0.25, 0.3) is 0 Å². The maximum atomic E-state index is 13.3. The lowest BCUT2D eigenvalue weighted by molar-refractivity contribution is -0.143. The molecule has 0 N–H and O–H groups in total. The van der Waals surface area contributed by atoms with E-state index in [0.717, 1.165) is 60.5 Å². The molecule has 5 rings (SSSR count). The Morgan fingerprint density at radius 2 is 2.00 bits per heavy atom. The van der Waals surface area contributed by atoms with Gasteiger partial charge in [-0.15, -0.1) is 22.7 Å². The van der Waals surface area contributed by atoms with Crippen molar-refractivity contribution in [2.24, 2.45) is 0 Å². The molecule has 42 heavy (non-hydrogen) atoms. The molecule has 226 valence electrons. The average molecular weight is 631 g/mol. The minimum absolute atomic E-state index is 0.0881. The molecule has 0 aromatic carbocycles. The fourth-order valence-corrected chi connectivity index (χ4v) is 8.09. The number of carbonyl (C=O) groups is 2. The summed E-state index contributed by atoms with van der Waals surface area (Å²) in [6, 6.07) is 2.82. The van der Waals surface area contributed by atoms with Crippen molar-refractivity contribution in [1.82, 2.24) is 24.8 Å². The molecule has 9 nitrogen and oxygen atoms in total. The van der Waals surface area contributed by atoms with Crippen LogP contribution in [0.25, 0.3) is 10.6 Å². The molecule has 0 aliphatic carbocycles. The van der Waals surface area contributed by atoms with Gasteiger partial charge < -0.3 is 9.64 Å². The molecule has 0 amide bonds. The minimum atomic E-state index is -0.156. The number of rotatable bonds is 12. The number of esters is 1. The molecule has 3 aromatic heterocycles. The number of nitrogens with zero attached hydrogens (tertiary/aromatic N) is 6. The van der Waals surface area contributed by atoms with Crippen LogP contribution >= 0.6 is 34.3 Å². The molecule has 2 aliphatic heterocycles. The summed E-state index contributed by atoms with van der Waals surface area (Å²) in [5.41, 5.74) is 1.29. The first-order valence-corrected chi connectivity index (χ1v) is 16.9. The number of thiophene rings is 1. The van der Waals surface area contributed by atoms with Crippen LogP contribution in [-0.2, 0) is 22.5 Å². The van der Waals surface area contributed by atoms with E-state index < -0.39 is 0 Å². The molecule has 0 spiro atoms. The normalized spacial score (nSPS) is 19.9. The number of thiazole rings is 1. The van der Waals surface area contributed by atoms with Gasteiger partial charge in [0.2, 0.25) is 0 Å². The van der Waals surface area contributed by atoms with Crippen molar-refractivity contribution in [3.8, 4) is 10.6 Å². The molecule has 2 atom stereocenters. The number of carbonyl (C=O) groups excluding carboxylic acids is 2. The number of halogens is 1.